The SMILES string of the molecule is CCC(CC)C(O)C(=O)CCC(C)(C)C. The Bertz CT molecular complexity index is 187. The lowest BCUT2D eigenvalue weighted by atomic mass is 9.86. The van der Waals surface area contributed by atoms with E-state index in [2.05, 4.69) is 20.8 Å². The molecular weight excluding hydrogens is 188 g/mol. The number of carbonyl (C=O) groups is 1. The van der Waals surface area contributed by atoms with Gasteiger partial charge in [-0.15, -0.1) is 0 Å². The second-order valence-corrected chi connectivity index (χ2v) is 5.55. The Morgan fingerprint density at radius 3 is 2.00 bits per heavy atom. The Morgan fingerprint density at radius 1 is 1.20 bits per heavy atom. The Kier molecular flexibility index (Phi) is 6.11. The van der Waals surface area contributed by atoms with E-state index in [1.807, 2.05) is 13.8 Å². The summed E-state index contributed by atoms with van der Waals surface area (Å²) in [6.07, 6.45) is 2.35. The van der Waals surface area contributed by atoms with Crippen molar-refractivity contribution < 1.29 is 9.90 Å². The molecule has 15 heavy (non-hydrogen) atoms. The minimum absolute atomic E-state index is 0.0126. The molecule has 0 aromatic rings. The van der Waals surface area contributed by atoms with Gasteiger partial charge in [-0.3, -0.25) is 4.79 Å². The summed E-state index contributed by atoms with van der Waals surface area (Å²) in [6.45, 7) is 10.4. The standard InChI is InChI=1S/C13H26O2/c1-6-10(7-2)12(15)11(14)8-9-13(3,4)5/h10,12,15H,6-9H2,1-5H3. The van der Waals surface area contributed by atoms with Gasteiger partial charge in [0, 0.05) is 6.42 Å². The lowest BCUT2D eigenvalue weighted by Gasteiger charge is -2.22. The number of aliphatic hydroxyl groups is 1. The van der Waals surface area contributed by atoms with Crippen LogP contribution in [0.3, 0.4) is 0 Å². The Labute approximate surface area is 94.1 Å². The van der Waals surface area contributed by atoms with E-state index in [1.165, 1.54) is 0 Å². The molecule has 0 fully saturated rings. The first kappa shape index (κ1) is 14.6. The predicted octanol–water partition coefficient (Wildman–Crippen LogP) is 3.18. The average molecular weight is 214 g/mol. The number of rotatable bonds is 6. The van der Waals surface area contributed by atoms with Gasteiger partial charge in [-0.2, -0.15) is 0 Å². The van der Waals surface area contributed by atoms with Crippen molar-refractivity contribution in [1.82, 2.24) is 0 Å². The van der Waals surface area contributed by atoms with Crippen LogP contribution in [0.4, 0.5) is 0 Å². The van der Waals surface area contributed by atoms with Crippen LogP contribution in [0.5, 0.6) is 0 Å². The van der Waals surface area contributed by atoms with Gasteiger partial charge in [0.1, 0.15) is 6.10 Å². The van der Waals surface area contributed by atoms with Crippen molar-refractivity contribution in [2.75, 3.05) is 0 Å². The molecule has 0 aliphatic carbocycles. The summed E-state index contributed by atoms with van der Waals surface area (Å²) in [7, 11) is 0. The van der Waals surface area contributed by atoms with E-state index in [9.17, 15) is 9.90 Å². The monoisotopic (exact) mass is 214 g/mol. The maximum Gasteiger partial charge on any atom is 0.161 e. The quantitative estimate of drug-likeness (QED) is 0.737. The van der Waals surface area contributed by atoms with Gasteiger partial charge in [0.15, 0.2) is 5.78 Å². The Morgan fingerprint density at radius 2 is 1.67 bits per heavy atom. The van der Waals surface area contributed by atoms with Crippen LogP contribution in [0.15, 0.2) is 0 Å². The maximum absolute atomic E-state index is 11.7. The van der Waals surface area contributed by atoms with Crippen LogP contribution >= 0.6 is 0 Å². The summed E-state index contributed by atoms with van der Waals surface area (Å²) < 4.78 is 0. The van der Waals surface area contributed by atoms with E-state index >= 15 is 0 Å². The van der Waals surface area contributed by atoms with Crippen molar-refractivity contribution in [2.45, 2.75) is 66.4 Å². The van der Waals surface area contributed by atoms with Crippen molar-refractivity contribution in [3.8, 4) is 0 Å². The lowest BCUT2D eigenvalue weighted by molar-refractivity contribution is -0.130. The molecule has 0 bridgehead atoms. The summed E-state index contributed by atoms with van der Waals surface area (Å²) in [5.41, 5.74) is 0.170. The zero-order valence-corrected chi connectivity index (χ0v) is 10.8. The summed E-state index contributed by atoms with van der Waals surface area (Å²) in [4.78, 5) is 11.7. The fourth-order valence-corrected chi connectivity index (χ4v) is 1.64. The first-order chi connectivity index (χ1) is 6.81. The molecular formula is C13H26O2. The van der Waals surface area contributed by atoms with Crippen LogP contribution in [0.25, 0.3) is 0 Å². The number of Topliss-reactive ketones (excluding diaryl/α,β-unsaturated/α-hetero) is 1. The van der Waals surface area contributed by atoms with Gasteiger partial charge in [-0.25, -0.2) is 0 Å². The maximum atomic E-state index is 11.7. The highest BCUT2D eigenvalue weighted by atomic mass is 16.3. The fourth-order valence-electron chi connectivity index (χ4n) is 1.64. The summed E-state index contributed by atoms with van der Waals surface area (Å²) >= 11 is 0. The molecule has 0 aliphatic rings. The number of hydrogen-bond donors (Lipinski definition) is 1. The van der Waals surface area contributed by atoms with Crippen LogP contribution in [0.2, 0.25) is 0 Å². The average Bonchev–Trinajstić information content (AvgIpc) is 2.14. The summed E-state index contributed by atoms with van der Waals surface area (Å²) in [6, 6.07) is 0. The Balaban J connectivity index is 4.09. The zero-order chi connectivity index (χ0) is 12.1. The molecule has 0 amide bonds. The number of hydrogen-bond acceptors (Lipinski definition) is 2. The van der Waals surface area contributed by atoms with E-state index in [-0.39, 0.29) is 17.1 Å². The molecule has 0 aromatic heterocycles. The van der Waals surface area contributed by atoms with Gasteiger partial charge < -0.3 is 5.11 Å². The molecule has 0 heterocycles. The number of carbonyl (C=O) groups excluding carboxylic acids is 1. The second kappa shape index (κ2) is 6.26. The Hall–Kier alpha value is -0.370. The topological polar surface area (TPSA) is 37.3 Å². The predicted molar refractivity (Wildman–Crippen MR) is 63.8 cm³/mol. The summed E-state index contributed by atoms with van der Waals surface area (Å²) in [5, 5.41) is 9.82. The van der Waals surface area contributed by atoms with Crippen molar-refractivity contribution in [2.24, 2.45) is 11.3 Å². The molecule has 2 heteroatoms. The molecule has 0 aromatic carbocycles. The minimum atomic E-state index is -0.748. The van der Waals surface area contributed by atoms with E-state index in [1.54, 1.807) is 0 Å². The molecule has 0 aliphatic heterocycles. The normalized spacial score (nSPS) is 14.3. The van der Waals surface area contributed by atoms with Gasteiger partial charge >= 0.3 is 0 Å². The van der Waals surface area contributed by atoms with Gasteiger partial charge in [0.2, 0.25) is 0 Å². The van der Waals surface area contributed by atoms with Crippen LogP contribution in [0, 0.1) is 11.3 Å². The molecule has 1 atom stereocenters. The van der Waals surface area contributed by atoms with Gasteiger partial charge in [0.25, 0.3) is 0 Å². The van der Waals surface area contributed by atoms with E-state index in [0.717, 1.165) is 19.3 Å². The third kappa shape index (κ3) is 5.93. The van der Waals surface area contributed by atoms with Crippen molar-refractivity contribution >= 4 is 5.78 Å². The van der Waals surface area contributed by atoms with Gasteiger partial charge in [-0.1, -0.05) is 47.5 Å². The number of ketones is 1. The molecule has 0 spiro atoms. The molecule has 90 valence electrons. The molecule has 1 N–H and O–H groups in total. The highest BCUT2D eigenvalue weighted by Gasteiger charge is 2.24. The summed E-state index contributed by atoms with van der Waals surface area (Å²) in [5.74, 6) is 0.149. The fraction of sp³-hybridized carbons (Fsp3) is 0.923. The van der Waals surface area contributed by atoms with Crippen LogP contribution in [0.1, 0.15) is 60.3 Å². The third-order valence-electron chi connectivity index (χ3n) is 2.95. The molecule has 0 saturated carbocycles. The van der Waals surface area contributed by atoms with Crippen molar-refractivity contribution in [1.29, 1.82) is 0 Å². The smallest absolute Gasteiger partial charge is 0.161 e. The molecule has 0 radical (unpaired) electrons. The molecule has 1 unspecified atom stereocenters. The van der Waals surface area contributed by atoms with Crippen LogP contribution in [-0.2, 0) is 4.79 Å². The first-order valence-corrected chi connectivity index (χ1v) is 6.02. The van der Waals surface area contributed by atoms with Crippen LogP contribution in [-0.4, -0.2) is 17.0 Å². The molecule has 2 nitrogen and oxygen atoms in total. The van der Waals surface area contributed by atoms with Gasteiger partial charge in [-0.05, 0) is 17.8 Å². The largest absolute Gasteiger partial charge is 0.385 e. The first-order valence-electron chi connectivity index (χ1n) is 6.02. The van der Waals surface area contributed by atoms with Crippen LogP contribution < -0.4 is 0 Å². The van der Waals surface area contributed by atoms with E-state index in [4.69, 9.17) is 0 Å². The number of aliphatic hydroxyl groups excluding tert-OH is 1. The molecule has 0 rings (SSSR count). The molecule has 0 saturated heterocycles. The minimum Gasteiger partial charge on any atom is -0.385 e. The lowest BCUT2D eigenvalue weighted by Crippen LogP contribution is -2.29. The second-order valence-electron chi connectivity index (χ2n) is 5.55. The highest BCUT2D eigenvalue weighted by Crippen LogP contribution is 2.23. The van der Waals surface area contributed by atoms with E-state index < -0.39 is 6.10 Å². The third-order valence-corrected chi connectivity index (χ3v) is 2.95. The zero-order valence-electron chi connectivity index (χ0n) is 10.8. The van der Waals surface area contributed by atoms with E-state index in [0.29, 0.717) is 6.42 Å². The van der Waals surface area contributed by atoms with Crippen molar-refractivity contribution in [3.05, 3.63) is 0 Å². The van der Waals surface area contributed by atoms with Crippen molar-refractivity contribution in [3.63, 3.8) is 0 Å². The van der Waals surface area contributed by atoms with Gasteiger partial charge in [0.05, 0.1) is 0 Å². The highest BCUT2D eigenvalue weighted by molar-refractivity contribution is 5.83.